The summed E-state index contributed by atoms with van der Waals surface area (Å²) in [4.78, 5) is 11.7. The van der Waals surface area contributed by atoms with Crippen molar-refractivity contribution in [3.8, 4) is 0 Å². The highest BCUT2D eigenvalue weighted by atomic mass is 16.5. The summed E-state index contributed by atoms with van der Waals surface area (Å²) in [6.07, 6.45) is 15.2. The largest absolute Gasteiger partial charge is 0.393 e. The van der Waals surface area contributed by atoms with E-state index in [9.17, 15) is 15.0 Å². The van der Waals surface area contributed by atoms with Gasteiger partial charge in [-0.05, 0) is 52.4 Å². The van der Waals surface area contributed by atoms with Gasteiger partial charge < -0.3 is 20.3 Å². The highest BCUT2D eigenvalue weighted by molar-refractivity contribution is 5.76. The van der Waals surface area contributed by atoms with Gasteiger partial charge in [0.1, 0.15) is 0 Å². The topological polar surface area (TPSA) is 78.8 Å². The van der Waals surface area contributed by atoms with Gasteiger partial charge in [-0.15, -0.1) is 0 Å². The van der Waals surface area contributed by atoms with E-state index >= 15 is 0 Å². The van der Waals surface area contributed by atoms with Gasteiger partial charge in [0.05, 0.1) is 18.3 Å². The van der Waals surface area contributed by atoms with Gasteiger partial charge >= 0.3 is 0 Å². The van der Waals surface area contributed by atoms with Crippen LogP contribution in [0.4, 0.5) is 0 Å². The molecule has 5 unspecified atom stereocenters. The predicted octanol–water partition coefficient (Wildman–Crippen LogP) is 4.53. The zero-order chi connectivity index (χ0) is 22.4. The number of aliphatic hydroxyl groups excluding tert-OH is 2. The van der Waals surface area contributed by atoms with E-state index in [2.05, 4.69) is 30.5 Å². The van der Waals surface area contributed by atoms with E-state index in [4.69, 9.17) is 4.74 Å². The highest BCUT2D eigenvalue weighted by Gasteiger charge is 2.40. The van der Waals surface area contributed by atoms with Crippen LogP contribution < -0.4 is 5.32 Å². The van der Waals surface area contributed by atoms with Crippen LogP contribution in [0.1, 0.15) is 85.5 Å². The zero-order valence-corrected chi connectivity index (χ0v) is 19.6. The van der Waals surface area contributed by atoms with E-state index in [1.165, 1.54) is 0 Å². The lowest BCUT2D eigenvalue weighted by atomic mass is 9.89. The van der Waals surface area contributed by atoms with Crippen molar-refractivity contribution in [1.29, 1.82) is 0 Å². The predicted molar refractivity (Wildman–Crippen MR) is 123 cm³/mol. The van der Waals surface area contributed by atoms with Crippen molar-refractivity contribution in [3.05, 3.63) is 24.3 Å². The lowest BCUT2D eigenvalue weighted by molar-refractivity contribution is -0.121. The van der Waals surface area contributed by atoms with Crippen LogP contribution in [0, 0.1) is 11.8 Å². The van der Waals surface area contributed by atoms with Crippen molar-refractivity contribution in [2.24, 2.45) is 11.8 Å². The molecule has 1 rings (SSSR count). The van der Waals surface area contributed by atoms with Crippen molar-refractivity contribution in [2.75, 3.05) is 6.61 Å². The molecule has 0 spiro atoms. The summed E-state index contributed by atoms with van der Waals surface area (Å²) in [6.45, 7) is 8.70. The Morgan fingerprint density at radius 3 is 2.63 bits per heavy atom. The molecular weight excluding hydrogens is 378 g/mol. The minimum absolute atomic E-state index is 0.00206. The van der Waals surface area contributed by atoms with Crippen LogP contribution >= 0.6 is 0 Å². The van der Waals surface area contributed by atoms with Crippen molar-refractivity contribution < 1.29 is 19.7 Å². The number of hydrogen-bond acceptors (Lipinski definition) is 4. The van der Waals surface area contributed by atoms with Crippen molar-refractivity contribution in [2.45, 2.75) is 110 Å². The Kier molecular flexibility index (Phi) is 14.0. The van der Waals surface area contributed by atoms with Gasteiger partial charge in [0.25, 0.3) is 0 Å². The fraction of sp³-hybridized carbons (Fsp3) is 0.800. The minimum Gasteiger partial charge on any atom is -0.393 e. The molecule has 174 valence electrons. The Hall–Kier alpha value is -1.17. The lowest BCUT2D eigenvalue weighted by Crippen LogP contribution is -2.29. The fourth-order valence-electron chi connectivity index (χ4n) is 4.18. The number of rotatable bonds is 15. The molecule has 5 nitrogen and oxygen atoms in total. The van der Waals surface area contributed by atoms with E-state index in [-0.39, 0.29) is 29.9 Å². The monoisotopic (exact) mass is 423 g/mol. The molecule has 1 fully saturated rings. The van der Waals surface area contributed by atoms with Crippen molar-refractivity contribution in [1.82, 2.24) is 5.32 Å². The Morgan fingerprint density at radius 1 is 1.20 bits per heavy atom. The van der Waals surface area contributed by atoms with Crippen LogP contribution in [0.2, 0.25) is 0 Å². The van der Waals surface area contributed by atoms with Crippen LogP contribution in [0.3, 0.4) is 0 Å². The third-order valence-corrected chi connectivity index (χ3v) is 5.73. The second-order valence-electron chi connectivity index (χ2n) is 8.81. The van der Waals surface area contributed by atoms with Gasteiger partial charge in [-0.25, -0.2) is 0 Å². The second-order valence-corrected chi connectivity index (χ2v) is 8.81. The molecule has 1 aliphatic rings. The Labute approximate surface area is 184 Å². The highest BCUT2D eigenvalue weighted by Crippen LogP contribution is 2.38. The molecule has 1 aliphatic carbocycles. The molecule has 3 N–H and O–H groups in total. The van der Waals surface area contributed by atoms with Crippen LogP contribution in [-0.4, -0.2) is 47.1 Å². The number of carbonyl (C=O) groups excluding carboxylic acids is 1. The second kappa shape index (κ2) is 15.6. The van der Waals surface area contributed by atoms with Crippen molar-refractivity contribution >= 4 is 5.91 Å². The molecule has 0 aliphatic heterocycles. The maximum Gasteiger partial charge on any atom is 0.220 e. The average Bonchev–Trinajstić information content (AvgIpc) is 2.97. The molecule has 1 saturated carbocycles. The first-order chi connectivity index (χ1) is 14.4. The minimum atomic E-state index is -0.426. The summed E-state index contributed by atoms with van der Waals surface area (Å²) < 4.78 is 5.89. The van der Waals surface area contributed by atoms with E-state index in [1.807, 2.05) is 26.8 Å². The first-order valence-corrected chi connectivity index (χ1v) is 12.0. The Bertz CT molecular complexity index is 517. The standard InChI is InChI=1S/C25H45NO4/c1-5-7-10-13-20(27)16-17-22-21(23(28)18-24(22)30-6-2)14-11-8-9-12-15-25(29)26-19(3)4/h8,11,16-17,19-24,27-28H,5-7,9-10,12-15,18H2,1-4H3,(H,26,29). The Morgan fingerprint density at radius 2 is 1.97 bits per heavy atom. The first kappa shape index (κ1) is 26.9. The summed E-state index contributed by atoms with van der Waals surface area (Å²) >= 11 is 0. The van der Waals surface area contributed by atoms with Crippen LogP contribution in [0.25, 0.3) is 0 Å². The SMILES string of the molecule is CCCCCC(O)C=CC1C(OCC)CC(O)C1CC=CCCCC(=O)NC(C)C. The normalized spacial score (nSPS) is 25.6. The van der Waals surface area contributed by atoms with Gasteiger partial charge in [0.2, 0.25) is 5.91 Å². The number of nitrogens with one attached hydrogen (secondary N) is 1. The van der Waals surface area contributed by atoms with Crippen molar-refractivity contribution in [3.63, 3.8) is 0 Å². The maximum atomic E-state index is 11.7. The molecule has 0 aromatic carbocycles. The molecule has 0 radical (unpaired) electrons. The average molecular weight is 424 g/mol. The number of aliphatic hydroxyl groups is 2. The third kappa shape index (κ3) is 10.7. The summed E-state index contributed by atoms with van der Waals surface area (Å²) in [5.74, 6) is 0.315. The summed E-state index contributed by atoms with van der Waals surface area (Å²) in [5, 5.41) is 23.7. The summed E-state index contributed by atoms with van der Waals surface area (Å²) in [5.41, 5.74) is 0. The first-order valence-electron chi connectivity index (χ1n) is 12.0. The van der Waals surface area contributed by atoms with Crippen LogP contribution in [0.5, 0.6) is 0 Å². The molecule has 0 saturated heterocycles. The van der Waals surface area contributed by atoms with E-state index < -0.39 is 12.2 Å². The number of hydrogen-bond donors (Lipinski definition) is 3. The van der Waals surface area contributed by atoms with Gasteiger partial charge in [-0.2, -0.15) is 0 Å². The quantitative estimate of drug-likeness (QED) is 0.267. The van der Waals surface area contributed by atoms with Crippen LogP contribution in [-0.2, 0) is 9.53 Å². The van der Waals surface area contributed by atoms with E-state index in [0.717, 1.165) is 44.9 Å². The number of ether oxygens (including phenoxy) is 1. The van der Waals surface area contributed by atoms with E-state index in [1.54, 1.807) is 0 Å². The number of allylic oxidation sites excluding steroid dienone is 2. The fourth-order valence-corrected chi connectivity index (χ4v) is 4.18. The number of amides is 1. The zero-order valence-electron chi connectivity index (χ0n) is 19.6. The molecule has 1 amide bonds. The number of unbranched alkanes of at least 4 members (excludes halogenated alkanes) is 3. The summed E-state index contributed by atoms with van der Waals surface area (Å²) in [7, 11) is 0. The maximum absolute atomic E-state index is 11.7. The lowest BCUT2D eigenvalue weighted by Gasteiger charge is -2.22. The molecular formula is C25H45NO4. The van der Waals surface area contributed by atoms with Gasteiger partial charge in [0, 0.05) is 31.4 Å². The van der Waals surface area contributed by atoms with E-state index in [0.29, 0.717) is 19.4 Å². The van der Waals surface area contributed by atoms with Gasteiger partial charge in [0.15, 0.2) is 0 Å². The Balaban J connectivity index is 2.54. The van der Waals surface area contributed by atoms with Gasteiger partial charge in [-0.1, -0.05) is 50.5 Å². The number of carbonyl (C=O) groups is 1. The molecule has 5 heteroatoms. The smallest absolute Gasteiger partial charge is 0.220 e. The molecule has 5 atom stereocenters. The molecule has 0 aromatic heterocycles. The summed E-state index contributed by atoms with van der Waals surface area (Å²) in [6, 6.07) is 0.185. The van der Waals surface area contributed by atoms with Gasteiger partial charge in [-0.3, -0.25) is 4.79 Å². The molecule has 0 aromatic rings. The molecule has 0 bridgehead atoms. The molecule has 30 heavy (non-hydrogen) atoms. The van der Waals surface area contributed by atoms with Crippen LogP contribution in [0.15, 0.2) is 24.3 Å². The third-order valence-electron chi connectivity index (χ3n) is 5.73. The molecule has 0 heterocycles.